The number of carboxylic acids is 1. The highest BCUT2D eigenvalue weighted by molar-refractivity contribution is 5.94. The number of H-pyrrole nitrogens is 1. The number of rotatable bonds is 2. The summed E-state index contributed by atoms with van der Waals surface area (Å²) in [6, 6.07) is 6.63. The van der Waals surface area contributed by atoms with Gasteiger partial charge in [-0.15, -0.1) is 0 Å². The number of benzene rings is 1. The minimum Gasteiger partial charge on any atom is -0.491 e. The molecule has 2 heterocycles. The number of aromatic nitrogens is 2. The first-order chi connectivity index (χ1) is 9.63. The molecule has 0 spiro atoms. The van der Waals surface area contributed by atoms with E-state index >= 15 is 0 Å². The van der Waals surface area contributed by atoms with Gasteiger partial charge in [-0.1, -0.05) is 0 Å². The number of ether oxygens (including phenoxy) is 1. The zero-order chi connectivity index (χ0) is 14.1. The van der Waals surface area contributed by atoms with Crippen LogP contribution in [0.4, 0.5) is 5.69 Å². The molecule has 7 heteroatoms. The molecule has 0 atom stereocenters. The Morgan fingerprint density at radius 1 is 1.35 bits per heavy atom. The molecule has 1 amide bonds. The van der Waals surface area contributed by atoms with Gasteiger partial charge in [0.15, 0.2) is 0 Å². The second-order valence-corrected chi connectivity index (χ2v) is 4.33. The van der Waals surface area contributed by atoms with Crippen molar-refractivity contribution < 1.29 is 19.4 Å². The lowest BCUT2D eigenvalue weighted by atomic mass is 10.1. The molecule has 0 radical (unpaired) electrons. The van der Waals surface area contributed by atoms with E-state index in [1.54, 1.807) is 18.2 Å². The van der Waals surface area contributed by atoms with Crippen molar-refractivity contribution in [2.24, 2.45) is 0 Å². The normalized spacial score (nSPS) is 13.9. The van der Waals surface area contributed by atoms with Crippen LogP contribution in [0.1, 0.15) is 16.9 Å². The van der Waals surface area contributed by atoms with E-state index < -0.39 is 5.97 Å². The van der Waals surface area contributed by atoms with Gasteiger partial charge < -0.3 is 15.2 Å². The second-order valence-electron chi connectivity index (χ2n) is 4.33. The van der Waals surface area contributed by atoms with Crippen molar-refractivity contribution in [1.82, 2.24) is 10.2 Å². The molecule has 1 aromatic heterocycles. The van der Waals surface area contributed by atoms with Crippen molar-refractivity contribution in [1.29, 1.82) is 0 Å². The number of hydrogen-bond acceptors (Lipinski definition) is 4. The van der Waals surface area contributed by atoms with Gasteiger partial charge in [0.25, 0.3) is 0 Å². The Labute approximate surface area is 113 Å². The van der Waals surface area contributed by atoms with Crippen LogP contribution in [0.2, 0.25) is 0 Å². The molecular formula is C13H11N3O4. The van der Waals surface area contributed by atoms with Crippen molar-refractivity contribution in [3.8, 4) is 17.0 Å². The van der Waals surface area contributed by atoms with Gasteiger partial charge in [0.05, 0.1) is 24.4 Å². The lowest BCUT2D eigenvalue weighted by Gasteiger charge is -2.08. The Kier molecular flexibility index (Phi) is 2.86. The number of carbonyl (C=O) groups is 2. The molecular weight excluding hydrogens is 262 g/mol. The Morgan fingerprint density at radius 3 is 2.95 bits per heavy atom. The summed E-state index contributed by atoms with van der Waals surface area (Å²) in [5, 5.41) is 18.0. The molecule has 0 aliphatic carbocycles. The lowest BCUT2D eigenvalue weighted by Crippen LogP contribution is -2.10. The van der Waals surface area contributed by atoms with Gasteiger partial charge in [0.1, 0.15) is 11.4 Å². The molecule has 0 unspecified atom stereocenters. The predicted octanol–water partition coefficient (Wildman–Crippen LogP) is 1.50. The van der Waals surface area contributed by atoms with Crippen LogP contribution in [-0.2, 0) is 4.79 Å². The average Bonchev–Trinajstić information content (AvgIpc) is 2.83. The van der Waals surface area contributed by atoms with Crippen LogP contribution < -0.4 is 10.1 Å². The zero-order valence-electron chi connectivity index (χ0n) is 10.3. The molecule has 1 aliphatic rings. The Bertz CT molecular complexity index is 693. The lowest BCUT2D eigenvalue weighted by molar-refractivity contribution is -0.116. The monoisotopic (exact) mass is 273 g/mol. The quantitative estimate of drug-likeness (QED) is 0.769. The number of anilines is 1. The summed E-state index contributed by atoms with van der Waals surface area (Å²) in [4.78, 5) is 22.3. The summed E-state index contributed by atoms with van der Waals surface area (Å²) in [6.07, 6.45) is 0.301. The molecule has 2 aromatic rings. The molecule has 7 nitrogen and oxygen atoms in total. The summed E-state index contributed by atoms with van der Waals surface area (Å²) in [7, 11) is 0. The fourth-order valence-electron chi connectivity index (χ4n) is 1.96. The van der Waals surface area contributed by atoms with Gasteiger partial charge in [-0.25, -0.2) is 4.79 Å². The molecule has 3 N–H and O–H groups in total. The third kappa shape index (κ3) is 2.20. The molecule has 0 saturated heterocycles. The number of nitrogens with one attached hydrogen (secondary N) is 2. The minimum absolute atomic E-state index is 0.00947. The maximum absolute atomic E-state index is 11.5. The number of aromatic amines is 1. The maximum atomic E-state index is 11.5. The number of hydrogen-bond donors (Lipinski definition) is 3. The SMILES string of the molecule is O=C1CCOc2ccc(-c3cc(C(=O)O)[nH]n3)cc2N1. The number of carbonyl (C=O) groups excluding carboxylic acids is 1. The predicted molar refractivity (Wildman–Crippen MR) is 69.7 cm³/mol. The summed E-state index contributed by atoms with van der Waals surface area (Å²) >= 11 is 0. The van der Waals surface area contributed by atoms with E-state index in [9.17, 15) is 9.59 Å². The highest BCUT2D eigenvalue weighted by Crippen LogP contribution is 2.31. The van der Waals surface area contributed by atoms with E-state index in [0.717, 1.165) is 0 Å². The fourth-order valence-corrected chi connectivity index (χ4v) is 1.96. The molecule has 1 aromatic carbocycles. The highest BCUT2D eigenvalue weighted by Gasteiger charge is 2.16. The van der Waals surface area contributed by atoms with Crippen molar-refractivity contribution >= 4 is 17.6 Å². The summed E-state index contributed by atoms with van der Waals surface area (Å²) < 4.78 is 5.45. The Hall–Kier alpha value is -2.83. The van der Waals surface area contributed by atoms with Crippen molar-refractivity contribution in [2.45, 2.75) is 6.42 Å². The molecule has 20 heavy (non-hydrogen) atoms. The first kappa shape index (κ1) is 12.2. The van der Waals surface area contributed by atoms with Crippen LogP contribution in [0.3, 0.4) is 0 Å². The average molecular weight is 273 g/mol. The molecule has 1 aliphatic heterocycles. The fraction of sp³-hybridized carbons (Fsp3) is 0.154. The van der Waals surface area contributed by atoms with E-state index in [2.05, 4.69) is 15.5 Å². The topological polar surface area (TPSA) is 104 Å². The maximum Gasteiger partial charge on any atom is 0.353 e. The van der Waals surface area contributed by atoms with Gasteiger partial charge in [0, 0.05) is 5.56 Å². The molecule has 0 fully saturated rings. The third-order valence-electron chi connectivity index (χ3n) is 2.94. The van der Waals surface area contributed by atoms with Crippen LogP contribution in [0, 0.1) is 0 Å². The molecule has 0 bridgehead atoms. The number of carboxylic acid groups (broad SMARTS) is 1. The van der Waals surface area contributed by atoms with Crippen molar-refractivity contribution in [2.75, 3.05) is 11.9 Å². The first-order valence-electron chi connectivity index (χ1n) is 5.99. The summed E-state index contributed by atoms with van der Waals surface area (Å²) in [5.74, 6) is -0.599. The van der Waals surface area contributed by atoms with Crippen molar-refractivity contribution in [3.63, 3.8) is 0 Å². The van der Waals surface area contributed by atoms with Gasteiger partial charge >= 0.3 is 5.97 Å². The van der Waals surface area contributed by atoms with Gasteiger partial charge in [-0.3, -0.25) is 9.89 Å². The Balaban J connectivity index is 1.98. The zero-order valence-corrected chi connectivity index (χ0v) is 10.3. The largest absolute Gasteiger partial charge is 0.491 e. The number of aromatic carboxylic acids is 1. The number of fused-ring (bicyclic) bond motifs is 1. The van der Waals surface area contributed by atoms with Crippen molar-refractivity contribution in [3.05, 3.63) is 30.0 Å². The third-order valence-corrected chi connectivity index (χ3v) is 2.94. The van der Waals surface area contributed by atoms with Crippen LogP contribution >= 0.6 is 0 Å². The van der Waals surface area contributed by atoms with Crippen LogP contribution in [0.5, 0.6) is 5.75 Å². The molecule has 3 rings (SSSR count). The standard InChI is InChI=1S/C13H11N3O4/c17-12-3-4-20-11-2-1-7(5-9(11)14-12)8-6-10(13(18)19)16-15-8/h1-2,5-6H,3-4H2,(H,14,17)(H,15,16)(H,18,19). The molecule has 102 valence electrons. The highest BCUT2D eigenvalue weighted by atomic mass is 16.5. The van der Waals surface area contributed by atoms with Crippen LogP contribution in [-0.4, -0.2) is 33.8 Å². The smallest absolute Gasteiger partial charge is 0.353 e. The van der Waals surface area contributed by atoms with E-state index in [1.807, 2.05) is 0 Å². The minimum atomic E-state index is -1.07. The van der Waals surface area contributed by atoms with E-state index in [1.165, 1.54) is 6.07 Å². The Morgan fingerprint density at radius 2 is 2.20 bits per heavy atom. The summed E-state index contributed by atoms with van der Waals surface area (Å²) in [6.45, 7) is 0.337. The van der Waals surface area contributed by atoms with Gasteiger partial charge in [-0.2, -0.15) is 5.10 Å². The van der Waals surface area contributed by atoms with E-state index in [-0.39, 0.29) is 11.6 Å². The van der Waals surface area contributed by atoms with E-state index in [4.69, 9.17) is 9.84 Å². The number of nitrogens with zero attached hydrogens (tertiary/aromatic N) is 1. The van der Waals surface area contributed by atoms with Crippen LogP contribution in [0.15, 0.2) is 24.3 Å². The van der Waals surface area contributed by atoms with Gasteiger partial charge in [0.2, 0.25) is 5.91 Å². The van der Waals surface area contributed by atoms with E-state index in [0.29, 0.717) is 35.7 Å². The first-order valence-corrected chi connectivity index (χ1v) is 5.99. The van der Waals surface area contributed by atoms with Gasteiger partial charge in [-0.05, 0) is 24.3 Å². The summed E-state index contributed by atoms with van der Waals surface area (Å²) in [5.41, 5.74) is 1.75. The second kappa shape index (κ2) is 4.69. The number of amides is 1. The van der Waals surface area contributed by atoms with Crippen LogP contribution in [0.25, 0.3) is 11.3 Å². The molecule has 0 saturated carbocycles.